The van der Waals surface area contributed by atoms with Crippen LogP contribution in [-0.2, 0) is 4.79 Å². The van der Waals surface area contributed by atoms with Crippen LogP contribution < -0.4 is 5.32 Å². The SMILES string of the molecule is O=C(Nc1cccc2ccccc12)C1(O)CC(O)C(O)C(O)C1. The Hall–Kier alpha value is -1.99. The smallest absolute Gasteiger partial charge is 0.256 e. The number of anilines is 1. The number of carbonyl (C=O) groups excluding carboxylic acids is 1. The molecule has 0 aromatic heterocycles. The van der Waals surface area contributed by atoms with Crippen molar-refractivity contribution in [1.82, 2.24) is 0 Å². The second-order valence-corrected chi connectivity index (χ2v) is 6.05. The number of carbonyl (C=O) groups is 1. The largest absolute Gasteiger partial charge is 0.390 e. The van der Waals surface area contributed by atoms with Gasteiger partial charge >= 0.3 is 0 Å². The zero-order chi connectivity index (χ0) is 16.6. The third-order valence-electron chi connectivity index (χ3n) is 4.34. The Kier molecular flexibility index (Phi) is 4.08. The van der Waals surface area contributed by atoms with Gasteiger partial charge in [0, 0.05) is 23.9 Å². The van der Waals surface area contributed by atoms with Gasteiger partial charge in [-0.05, 0) is 11.5 Å². The van der Waals surface area contributed by atoms with E-state index < -0.39 is 29.8 Å². The van der Waals surface area contributed by atoms with Gasteiger partial charge in [-0.3, -0.25) is 4.79 Å². The molecule has 0 spiro atoms. The first kappa shape index (κ1) is 15.9. The average molecular weight is 317 g/mol. The second-order valence-electron chi connectivity index (χ2n) is 6.05. The number of hydrogen-bond donors (Lipinski definition) is 5. The lowest BCUT2D eigenvalue weighted by Gasteiger charge is -2.39. The van der Waals surface area contributed by atoms with Crippen LogP contribution in [0.15, 0.2) is 42.5 Å². The predicted octanol–water partition coefficient (Wildman–Crippen LogP) is 0.386. The number of amides is 1. The molecule has 2 unspecified atom stereocenters. The zero-order valence-corrected chi connectivity index (χ0v) is 12.4. The van der Waals surface area contributed by atoms with Crippen LogP contribution in [0.4, 0.5) is 5.69 Å². The first-order chi connectivity index (χ1) is 10.9. The summed E-state index contributed by atoms with van der Waals surface area (Å²) >= 11 is 0. The number of rotatable bonds is 2. The highest BCUT2D eigenvalue weighted by Crippen LogP contribution is 2.31. The maximum absolute atomic E-state index is 12.5. The van der Waals surface area contributed by atoms with Crippen molar-refractivity contribution in [2.45, 2.75) is 36.8 Å². The first-order valence-electron chi connectivity index (χ1n) is 7.46. The van der Waals surface area contributed by atoms with Crippen LogP contribution >= 0.6 is 0 Å². The molecule has 0 heterocycles. The molecule has 1 fully saturated rings. The van der Waals surface area contributed by atoms with Crippen molar-refractivity contribution >= 4 is 22.4 Å². The molecular formula is C17H19NO5. The summed E-state index contributed by atoms with van der Waals surface area (Å²) in [6.07, 6.45) is -4.74. The molecule has 1 aliphatic rings. The first-order valence-corrected chi connectivity index (χ1v) is 7.46. The van der Waals surface area contributed by atoms with Gasteiger partial charge in [0.1, 0.15) is 11.7 Å². The van der Waals surface area contributed by atoms with Gasteiger partial charge in [-0.1, -0.05) is 36.4 Å². The van der Waals surface area contributed by atoms with Crippen molar-refractivity contribution in [3.63, 3.8) is 0 Å². The molecule has 6 nitrogen and oxygen atoms in total. The molecule has 6 heteroatoms. The minimum atomic E-state index is -1.94. The summed E-state index contributed by atoms with van der Waals surface area (Å²) < 4.78 is 0. The molecule has 2 aromatic rings. The van der Waals surface area contributed by atoms with E-state index in [2.05, 4.69) is 5.32 Å². The summed E-state index contributed by atoms with van der Waals surface area (Å²) in [6.45, 7) is 0. The molecule has 0 saturated heterocycles. The molecule has 0 bridgehead atoms. The Balaban J connectivity index is 1.86. The molecule has 1 amide bonds. The molecule has 1 saturated carbocycles. The minimum absolute atomic E-state index is 0.332. The quantitative estimate of drug-likeness (QED) is 0.550. The van der Waals surface area contributed by atoms with Gasteiger partial charge in [0.2, 0.25) is 0 Å². The molecule has 2 aromatic carbocycles. The lowest BCUT2D eigenvalue weighted by atomic mass is 9.79. The molecule has 0 radical (unpaired) electrons. The standard InChI is InChI=1S/C17H19NO5/c19-13-8-17(23,9-14(20)15(13)21)16(22)18-12-7-3-5-10-4-1-2-6-11(10)12/h1-7,13-15,19-21,23H,8-9H2,(H,18,22). The summed E-state index contributed by atoms with van der Waals surface area (Å²) in [7, 11) is 0. The van der Waals surface area contributed by atoms with E-state index in [1.807, 2.05) is 30.3 Å². The highest BCUT2D eigenvalue weighted by molar-refractivity contribution is 6.05. The second kappa shape index (κ2) is 5.90. The lowest BCUT2D eigenvalue weighted by molar-refractivity contribution is -0.168. The van der Waals surface area contributed by atoms with Gasteiger partial charge in [0.25, 0.3) is 5.91 Å². The maximum Gasteiger partial charge on any atom is 0.256 e. The van der Waals surface area contributed by atoms with Crippen molar-refractivity contribution in [1.29, 1.82) is 0 Å². The highest BCUT2D eigenvalue weighted by atomic mass is 16.4. The van der Waals surface area contributed by atoms with E-state index in [9.17, 15) is 25.2 Å². The topological polar surface area (TPSA) is 110 Å². The van der Waals surface area contributed by atoms with Gasteiger partial charge in [-0.15, -0.1) is 0 Å². The normalized spacial score (nSPS) is 31.0. The van der Waals surface area contributed by atoms with Crippen LogP contribution in [-0.4, -0.2) is 50.2 Å². The van der Waals surface area contributed by atoms with Crippen molar-refractivity contribution in [3.05, 3.63) is 42.5 Å². The molecule has 5 N–H and O–H groups in total. The van der Waals surface area contributed by atoms with Gasteiger partial charge in [-0.25, -0.2) is 0 Å². The molecule has 0 aliphatic heterocycles. The molecule has 1 aliphatic carbocycles. The van der Waals surface area contributed by atoms with E-state index >= 15 is 0 Å². The zero-order valence-electron chi connectivity index (χ0n) is 12.4. The Bertz CT molecular complexity index is 715. The van der Waals surface area contributed by atoms with Gasteiger partial charge in [-0.2, -0.15) is 0 Å². The average Bonchev–Trinajstić information content (AvgIpc) is 2.53. The molecule has 23 heavy (non-hydrogen) atoms. The predicted molar refractivity (Wildman–Crippen MR) is 84.8 cm³/mol. The molecule has 2 atom stereocenters. The fourth-order valence-electron chi connectivity index (χ4n) is 3.03. The van der Waals surface area contributed by atoms with Gasteiger partial charge < -0.3 is 25.7 Å². The summed E-state index contributed by atoms with van der Waals surface area (Å²) in [4.78, 5) is 12.5. The van der Waals surface area contributed by atoms with Crippen molar-refractivity contribution in [3.8, 4) is 0 Å². The fourth-order valence-corrected chi connectivity index (χ4v) is 3.03. The van der Waals surface area contributed by atoms with Crippen LogP contribution in [0.25, 0.3) is 10.8 Å². The fraction of sp³-hybridized carbons (Fsp3) is 0.353. The van der Waals surface area contributed by atoms with Crippen LogP contribution in [0.3, 0.4) is 0 Å². The highest BCUT2D eigenvalue weighted by Gasteiger charge is 2.48. The molecular weight excluding hydrogens is 298 g/mol. The Morgan fingerprint density at radius 1 is 1.00 bits per heavy atom. The Labute approximate surface area is 133 Å². The third-order valence-corrected chi connectivity index (χ3v) is 4.34. The van der Waals surface area contributed by atoms with Gasteiger partial charge in [0.15, 0.2) is 0 Å². The number of fused-ring (bicyclic) bond motifs is 1. The summed E-state index contributed by atoms with van der Waals surface area (Å²) in [5.74, 6) is -0.709. The lowest BCUT2D eigenvalue weighted by Crippen LogP contribution is -2.57. The Morgan fingerprint density at radius 2 is 1.61 bits per heavy atom. The number of nitrogens with one attached hydrogen (secondary N) is 1. The van der Waals surface area contributed by atoms with E-state index in [-0.39, 0.29) is 12.8 Å². The van der Waals surface area contributed by atoms with Crippen molar-refractivity contribution in [2.24, 2.45) is 0 Å². The van der Waals surface area contributed by atoms with E-state index in [4.69, 9.17) is 0 Å². The monoisotopic (exact) mass is 317 g/mol. The molecule has 3 rings (SSSR count). The van der Waals surface area contributed by atoms with E-state index in [0.717, 1.165) is 10.8 Å². The van der Waals surface area contributed by atoms with Crippen LogP contribution in [0, 0.1) is 0 Å². The summed E-state index contributed by atoms with van der Waals surface area (Å²) in [5.41, 5.74) is -1.40. The van der Waals surface area contributed by atoms with Crippen LogP contribution in [0.2, 0.25) is 0 Å². The van der Waals surface area contributed by atoms with Crippen molar-refractivity contribution in [2.75, 3.05) is 5.32 Å². The van der Waals surface area contributed by atoms with Crippen LogP contribution in [0.1, 0.15) is 12.8 Å². The van der Waals surface area contributed by atoms with Crippen molar-refractivity contribution < 1.29 is 25.2 Å². The number of aliphatic hydroxyl groups excluding tert-OH is 3. The van der Waals surface area contributed by atoms with Gasteiger partial charge in [0.05, 0.1) is 12.2 Å². The molecule has 122 valence electrons. The van der Waals surface area contributed by atoms with E-state index in [1.165, 1.54) is 0 Å². The summed E-state index contributed by atoms with van der Waals surface area (Å²) in [5, 5.41) is 43.9. The maximum atomic E-state index is 12.5. The number of aliphatic hydroxyl groups is 4. The van der Waals surface area contributed by atoms with Crippen LogP contribution in [0.5, 0.6) is 0 Å². The van der Waals surface area contributed by atoms with E-state index in [0.29, 0.717) is 5.69 Å². The van der Waals surface area contributed by atoms with E-state index in [1.54, 1.807) is 12.1 Å². The number of hydrogen-bond acceptors (Lipinski definition) is 5. The Morgan fingerprint density at radius 3 is 2.30 bits per heavy atom. The number of benzene rings is 2. The third kappa shape index (κ3) is 2.94. The summed E-state index contributed by atoms with van der Waals surface area (Å²) in [6, 6.07) is 12.9. The minimum Gasteiger partial charge on any atom is -0.390 e.